The van der Waals surface area contributed by atoms with Gasteiger partial charge in [0.1, 0.15) is 0 Å². The molecule has 8 heteroatoms. The van der Waals surface area contributed by atoms with Gasteiger partial charge < -0.3 is 23.3 Å². The smallest absolute Gasteiger partial charge is 0.258 e. The van der Waals surface area contributed by atoms with E-state index >= 15 is 0 Å². The van der Waals surface area contributed by atoms with Gasteiger partial charge in [0.15, 0.2) is 11.5 Å². The molecule has 0 saturated heterocycles. The minimum absolute atomic E-state index is 0.357. The number of imidazole rings is 1. The number of aryl methyl sites for hydroxylation is 1. The van der Waals surface area contributed by atoms with E-state index in [4.69, 9.17) is 18.7 Å². The number of benzene rings is 2. The van der Waals surface area contributed by atoms with Crippen LogP contribution < -0.4 is 14.2 Å². The minimum Gasteiger partial charge on any atom is -0.493 e. The van der Waals surface area contributed by atoms with E-state index in [1.165, 1.54) is 0 Å². The van der Waals surface area contributed by atoms with Gasteiger partial charge >= 0.3 is 0 Å². The maximum Gasteiger partial charge on any atom is 0.258 e. The molecule has 0 aliphatic rings. The fourth-order valence-corrected chi connectivity index (χ4v) is 3.28. The third-order valence-corrected chi connectivity index (χ3v) is 4.68. The first-order chi connectivity index (χ1) is 14.2. The van der Waals surface area contributed by atoms with Gasteiger partial charge in [-0.15, -0.1) is 0 Å². The Labute approximate surface area is 168 Å². The number of rotatable bonds is 7. The Morgan fingerprint density at radius 1 is 0.966 bits per heavy atom. The topological polar surface area (TPSA) is 84.4 Å². The molecule has 4 aromatic rings. The van der Waals surface area contributed by atoms with E-state index in [1.807, 2.05) is 24.5 Å². The van der Waals surface area contributed by atoms with Gasteiger partial charge in [-0.05, 0) is 36.8 Å². The van der Waals surface area contributed by atoms with E-state index in [9.17, 15) is 0 Å². The highest BCUT2D eigenvalue weighted by molar-refractivity contribution is 5.81. The standard InChI is InChI=1S/C21H22N4O4/c1-5-8-25-12-22-15-9-13(6-7-16(15)25)20-23-21(29-24-20)14-10-17(26-2)19(28-4)18(11-14)27-3/h6-7,9-12H,5,8H2,1-4H3. The summed E-state index contributed by atoms with van der Waals surface area (Å²) in [6.07, 6.45) is 2.91. The maximum atomic E-state index is 5.49. The Balaban J connectivity index is 1.71. The summed E-state index contributed by atoms with van der Waals surface area (Å²) in [7, 11) is 4.68. The zero-order valence-corrected chi connectivity index (χ0v) is 16.8. The monoisotopic (exact) mass is 394 g/mol. The number of hydrogen-bond acceptors (Lipinski definition) is 7. The van der Waals surface area contributed by atoms with Gasteiger partial charge in [0.2, 0.25) is 11.6 Å². The SMILES string of the molecule is CCCn1cnc2cc(-c3noc(-c4cc(OC)c(OC)c(OC)c4)n3)ccc21. The molecule has 2 heterocycles. The van der Waals surface area contributed by atoms with Crippen LogP contribution >= 0.6 is 0 Å². The van der Waals surface area contributed by atoms with Crippen molar-refractivity contribution in [1.29, 1.82) is 0 Å². The van der Waals surface area contributed by atoms with Crippen molar-refractivity contribution >= 4 is 11.0 Å². The molecule has 0 unspecified atom stereocenters. The predicted molar refractivity (Wildman–Crippen MR) is 108 cm³/mol. The Kier molecular flexibility index (Phi) is 5.07. The molecule has 150 valence electrons. The molecule has 2 aromatic carbocycles. The van der Waals surface area contributed by atoms with Gasteiger partial charge in [-0.25, -0.2) is 4.98 Å². The minimum atomic E-state index is 0.357. The van der Waals surface area contributed by atoms with Crippen molar-refractivity contribution in [3.05, 3.63) is 36.7 Å². The van der Waals surface area contributed by atoms with Crippen LogP contribution in [0.4, 0.5) is 0 Å². The molecule has 0 bridgehead atoms. The predicted octanol–water partition coefficient (Wildman–Crippen LogP) is 4.19. The second-order valence-electron chi connectivity index (χ2n) is 6.48. The van der Waals surface area contributed by atoms with Crippen molar-refractivity contribution in [2.75, 3.05) is 21.3 Å². The highest BCUT2D eigenvalue weighted by atomic mass is 16.5. The van der Waals surface area contributed by atoms with E-state index < -0.39 is 0 Å². The first-order valence-electron chi connectivity index (χ1n) is 9.27. The highest BCUT2D eigenvalue weighted by Gasteiger charge is 2.18. The first-order valence-corrected chi connectivity index (χ1v) is 9.27. The maximum absolute atomic E-state index is 5.49. The summed E-state index contributed by atoms with van der Waals surface area (Å²) in [6.45, 7) is 3.08. The molecular weight excluding hydrogens is 372 g/mol. The average Bonchev–Trinajstić information content (AvgIpc) is 3.40. The third kappa shape index (κ3) is 3.37. The van der Waals surface area contributed by atoms with E-state index in [1.54, 1.807) is 33.5 Å². The van der Waals surface area contributed by atoms with Crippen LogP contribution in [0.5, 0.6) is 17.2 Å². The van der Waals surface area contributed by atoms with E-state index in [0.717, 1.165) is 29.6 Å². The van der Waals surface area contributed by atoms with Crippen LogP contribution in [-0.4, -0.2) is 41.0 Å². The summed E-state index contributed by atoms with van der Waals surface area (Å²) in [5, 5.41) is 4.13. The largest absolute Gasteiger partial charge is 0.493 e. The molecule has 0 amide bonds. The second kappa shape index (κ2) is 7.83. The number of ether oxygens (including phenoxy) is 3. The molecule has 29 heavy (non-hydrogen) atoms. The number of methoxy groups -OCH3 is 3. The van der Waals surface area contributed by atoms with Crippen molar-refractivity contribution in [2.45, 2.75) is 19.9 Å². The van der Waals surface area contributed by atoms with Crippen molar-refractivity contribution in [1.82, 2.24) is 19.7 Å². The van der Waals surface area contributed by atoms with Gasteiger partial charge in [0.25, 0.3) is 5.89 Å². The van der Waals surface area contributed by atoms with Gasteiger partial charge in [0, 0.05) is 17.7 Å². The first kappa shape index (κ1) is 18.8. The molecule has 2 aromatic heterocycles. The fourth-order valence-electron chi connectivity index (χ4n) is 3.28. The molecule has 0 aliphatic carbocycles. The number of nitrogens with zero attached hydrogens (tertiary/aromatic N) is 4. The summed E-state index contributed by atoms with van der Waals surface area (Å²) < 4.78 is 23.8. The van der Waals surface area contributed by atoms with Gasteiger partial charge in [-0.1, -0.05) is 12.1 Å². The molecule has 4 rings (SSSR count). The average molecular weight is 394 g/mol. The Bertz CT molecular complexity index is 1120. The van der Waals surface area contributed by atoms with Crippen LogP contribution in [0.2, 0.25) is 0 Å². The molecule has 0 saturated carbocycles. The summed E-state index contributed by atoms with van der Waals surface area (Å²) in [5.41, 5.74) is 3.49. The molecule has 0 N–H and O–H groups in total. The van der Waals surface area contributed by atoms with Crippen molar-refractivity contribution in [2.24, 2.45) is 0 Å². The lowest BCUT2D eigenvalue weighted by molar-refractivity contribution is 0.324. The molecular formula is C21H22N4O4. The molecule has 0 spiro atoms. The number of hydrogen-bond donors (Lipinski definition) is 0. The van der Waals surface area contributed by atoms with Crippen LogP contribution in [0.25, 0.3) is 33.9 Å². The van der Waals surface area contributed by atoms with Crippen LogP contribution in [0, 0.1) is 0 Å². The zero-order chi connectivity index (χ0) is 20.4. The zero-order valence-electron chi connectivity index (χ0n) is 16.8. The normalized spacial score (nSPS) is 11.0. The highest BCUT2D eigenvalue weighted by Crippen LogP contribution is 2.41. The Hall–Kier alpha value is -3.55. The number of aromatic nitrogens is 4. The van der Waals surface area contributed by atoms with Crippen LogP contribution in [0.3, 0.4) is 0 Å². The van der Waals surface area contributed by atoms with Crippen molar-refractivity contribution < 1.29 is 18.7 Å². The Morgan fingerprint density at radius 3 is 2.38 bits per heavy atom. The molecule has 0 atom stereocenters. The fraction of sp³-hybridized carbons (Fsp3) is 0.286. The van der Waals surface area contributed by atoms with Crippen LogP contribution in [0.15, 0.2) is 41.2 Å². The van der Waals surface area contributed by atoms with Crippen molar-refractivity contribution in [3.63, 3.8) is 0 Å². The van der Waals surface area contributed by atoms with E-state index in [0.29, 0.717) is 34.5 Å². The van der Waals surface area contributed by atoms with Crippen LogP contribution in [0.1, 0.15) is 13.3 Å². The van der Waals surface area contributed by atoms with Gasteiger partial charge in [0.05, 0.1) is 38.7 Å². The van der Waals surface area contributed by atoms with Crippen molar-refractivity contribution in [3.8, 4) is 40.1 Å². The second-order valence-corrected chi connectivity index (χ2v) is 6.48. The van der Waals surface area contributed by atoms with Gasteiger partial charge in [-0.2, -0.15) is 4.98 Å². The summed E-state index contributed by atoms with van der Waals surface area (Å²) in [6, 6.07) is 9.51. The molecule has 0 fully saturated rings. The summed E-state index contributed by atoms with van der Waals surface area (Å²) in [5.74, 6) is 2.39. The summed E-state index contributed by atoms with van der Waals surface area (Å²) >= 11 is 0. The lowest BCUT2D eigenvalue weighted by atomic mass is 10.1. The third-order valence-electron chi connectivity index (χ3n) is 4.68. The Morgan fingerprint density at radius 2 is 1.72 bits per heavy atom. The van der Waals surface area contributed by atoms with Gasteiger partial charge in [-0.3, -0.25) is 0 Å². The molecule has 8 nitrogen and oxygen atoms in total. The van der Waals surface area contributed by atoms with E-state index in [2.05, 4.69) is 26.6 Å². The lowest BCUT2D eigenvalue weighted by Crippen LogP contribution is -1.95. The quantitative estimate of drug-likeness (QED) is 0.465. The molecule has 0 aliphatic heterocycles. The number of fused-ring (bicyclic) bond motifs is 1. The van der Waals surface area contributed by atoms with E-state index in [-0.39, 0.29) is 0 Å². The summed E-state index contributed by atoms with van der Waals surface area (Å²) in [4.78, 5) is 9.03. The molecule has 0 radical (unpaired) electrons. The van der Waals surface area contributed by atoms with Crippen LogP contribution in [-0.2, 0) is 6.54 Å². The lowest BCUT2D eigenvalue weighted by Gasteiger charge is -2.12.